The van der Waals surface area contributed by atoms with Crippen LogP contribution in [0.5, 0.6) is 0 Å². The molecule has 1 rings (SSSR count). The lowest BCUT2D eigenvalue weighted by molar-refractivity contribution is -0.106. The monoisotopic (exact) mass is 232 g/mol. The summed E-state index contributed by atoms with van der Waals surface area (Å²) in [6, 6.07) is -0.391. The summed E-state index contributed by atoms with van der Waals surface area (Å²) in [5.74, 6) is -0.117. The number of ether oxygens (including phenoxy) is 1. The molecular formula is C8H16N4O2S. The highest BCUT2D eigenvalue weighted by molar-refractivity contribution is 7.99. The minimum atomic E-state index is -0.616. The van der Waals surface area contributed by atoms with Gasteiger partial charge in [-0.1, -0.05) is 12.0 Å². The molecule has 5 atom stereocenters. The quantitative estimate of drug-likeness (QED) is 0.424. The molecule has 1 aliphatic rings. The second-order valence-corrected chi connectivity index (χ2v) is 4.56. The van der Waals surface area contributed by atoms with Crippen LogP contribution in [0.4, 0.5) is 0 Å². The lowest BCUT2D eigenvalue weighted by Crippen LogP contribution is -2.57. The summed E-state index contributed by atoms with van der Waals surface area (Å²) < 4.78 is 5.65. The predicted octanol–water partition coefficient (Wildman–Crippen LogP) is 0.709. The molecule has 3 N–H and O–H groups in total. The van der Waals surface area contributed by atoms with Crippen molar-refractivity contribution < 1.29 is 9.84 Å². The lowest BCUT2D eigenvalue weighted by atomic mass is 9.90. The second-order valence-electron chi connectivity index (χ2n) is 3.62. The van der Waals surface area contributed by atoms with Crippen molar-refractivity contribution in [2.75, 3.05) is 12.8 Å². The van der Waals surface area contributed by atoms with Crippen LogP contribution in [0.15, 0.2) is 5.11 Å². The fourth-order valence-corrected chi connectivity index (χ4v) is 2.39. The van der Waals surface area contributed by atoms with E-state index in [2.05, 4.69) is 10.0 Å². The maximum atomic E-state index is 9.86. The van der Waals surface area contributed by atoms with Crippen molar-refractivity contribution in [2.24, 2.45) is 16.8 Å². The van der Waals surface area contributed by atoms with E-state index in [0.717, 1.165) is 0 Å². The summed E-state index contributed by atoms with van der Waals surface area (Å²) in [6.45, 7) is 2.08. The van der Waals surface area contributed by atoms with Crippen molar-refractivity contribution in [3.8, 4) is 0 Å². The van der Waals surface area contributed by atoms with Crippen LogP contribution in [0.3, 0.4) is 0 Å². The first-order chi connectivity index (χ1) is 7.11. The maximum absolute atomic E-state index is 9.86. The van der Waals surface area contributed by atoms with Gasteiger partial charge in [0.15, 0.2) is 0 Å². The molecule has 2 unspecified atom stereocenters. The lowest BCUT2D eigenvalue weighted by Gasteiger charge is -2.41. The number of hydrogen-bond acceptors (Lipinski definition) is 5. The van der Waals surface area contributed by atoms with Gasteiger partial charge in [-0.05, 0) is 11.8 Å². The maximum Gasteiger partial charge on any atom is 0.120 e. The molecule has 15 heavy (non-hydrogen) atoms. The Labute approximate surface area is 92.8 Å². The number of azide groups is 1. The third-order valence-corrected chi connectivity index (χ3v) is 3.59. The van der Waals surface area contributed by atoms with Gasteiger partial charge in [-0.15, -0.1) is 11.8 Å². The zero-order valence-corrected chi connectivity index (χ0v) is 9.59. The van der Waals surface area contributed by atoms with E-state index in [1.807, 2.05) is 13.2 Å². The Morgan fingerprint density at radius 1 is 1.67 bits per heavy atom. The van der Waals surface area contributed by atoms with Gasteiger partial charge in [0, 0.05) is 10.8 Å². The van der Waals surface area contributed by atoms with Gasteiger partial charge in [-0.3, -0.25) is 0 Å². The Morgan fingerprint density at radius 3 is 2.87 bits per heavy atom. The van der Waals surface area contributed by atoms with Crippen molar-refractivity contribution in [1.29, 1.82) is 0 Å². The van der Waals surface area contributed by atoms with Gasteiger partial charge < -0.3 is 15.6 Å². The van der Waals surface area contributed by atoms with Crippen molar-refractivity contribution in [1.82, 2.24) is 0 Å². The normalized spacial score (nSPS) is 40.9. The summed E-state index contributed by atoms with van der Waals surface area (Å²) in [7, 11) is 0. The number of nitrogens with two attached hydrogens (primary N) is 1. The Balaban J connectivity index is 2.69. The Morgan fingerprint density at radius 2 is 2.33 bits per heavy atom. The molecule has 0 aromatic rings. The molecule has 0 saturated carbocycles. The SMILES string of the molecule is CS[C@@H]1OC(CN=[N+]=[N-])[C@@H](C)[C@H](O)C1N. The molecule has 1 aliphatic heterocycles. The number of thioether (sulfide) groups is 1. The van der Waals surface area contributed by atoms with E-state index >= 15 is 0 Å². The average Bonchev–Trinajstić information content (AvgIpc) is 2.25. The molecular weight excluding hydrogens is 216 g/mol. The molecule has 1 fully saturated rings. The van der Waals surface area contributed by atoms with E-state index in [1.54, 1.807) is 0 Å². The largest absolute Gasteiger partial charge is 0.391 e. The molecule has 0 spiro atoms. The minimum absolute atomic E-state index is 0.117. The molecule has 86 valence electrons. The fraction of sp³-hybridized carbons (Fsp3) is 1.00. The second kappa shape index (κ2) is 5.58. The summed E-state index contributed by atoms with van der Waals surface area (Å²) in [6.07, 6.45) is 1.00. The highest BCUT2D eigenvalue weighted by Crippen LogP contribution is 2.29. The van der Waals surface area contributed by atoms with Crippen LogP contribution in [0.2, 0.25) is 0 Å². The van der Waals surface area contributed by atoms with Crippen LogP contribution in [0.1, 0.15) is 6.92 Å². The Kier molecular flexibility index (Phi) is 4.69. The van der Waals surface area contributed by atoms with Crippen LogP contribution in [0, 0.1) is 5.92 Å². The van der Waals surface area contributed by atoms with Crippen LogP contribution in [-0.2, 0) is 4.74 Å². The molecule has 1 heterocycles. The average molecular weight is 232 g/mol. The smallest absolute Gasteiger partial charge is 0.120 e. The number of aliphatic hydroxyl groups excluding tert-OH is 1. The summed E-state index contributed by atoms with van der Waals surface area (Å²) in [5, 5.41) is 13.3. The first-order valence-electron chi connectivity index (χ1n) is 4.74. The van der Waals surface area contributed by atoms with Gasteiger partial charge in [0.25, 0.3) is 0 Å². The van der Waals surface area contributed by atoms with Gasteiger partial charge in [0.2, 0.25) is 0 Å². The highest BCUT2D eigenvalue weighted by atomic mass is 32.2. The van der Waals surface area contributed by atoms with Crippen molar-refractivity contribution >= 4 is 11.8 Å². The third kappa shape index (κ3) is 2.76. The number of hydrogen-bond donors (Lipinski definition) is 2. The molecule has 0 bridgehead atoms. The highest BCUT2D eigenvalue weighted by Gasteiger charge is 2.40. The van der Waals surface area contributed by atoms with Gasteiger partial charge >= 0.3 is 0 Å². The Bertz CT molecular complexity index is 257. The van der Waals surface area contributed by atoms with Crippen LogP contribution in [-0.4, -0.2) is 41.6 Å². The van der Waals surface area contributed by atoms with E-state index in [-0.39, 0.29) is 24.0 Å². The number of rotatable bonds is 3. The molecule has 0 radical (unpaired) electrons. The molecule has 7 heteroatoms. The predicted molar refractivity (Wildman–Crippen MR) is 59.3 cm³/mol. The standard InChI is InChI=1S/C8H16N4O2S/c1-4-5(3-11-12-10)14-8(15-2)6(9)7(4)13/h4-8,13H,3,9H2,1-2H3/t4-,5?,6?,7+,8+/m1/s1. The van der Waals surface area contributed by atoms with E-state index in [0.29, 0.717) is 0 Å². The van der Waals surface area contributed by atoms with Gasteiger partial charge in [0.1, 0.15) is 5.44 Å². The van der Waals surface area contributed by atoms with E-state index in [4.69, 9.17) is 16.0 Å². The van der Waals surface area contributed by atoms with Crippen molar-refractivity contribution in [2.45, 2.75) is 30.6 Å². The zero-order valence-electron chi connectivity index (χ0n) is 8.78. The van der Waals surface area contributed by atoms with Crippen LogP contribution in [0.25, 0.3) is 10.4 Å². The molecule has 0 aromatic heterocycles. The van der Waals surface area contributed by atoms with E-state index in [1.165, 1.54) is 11.8 Å². The van der Waals surface area contributed by atoms with Gasteiger partial charge in [-0.2, -0.15) is 0 Å². The first-order valence-corrected chi connectivity index (χ1v) is 6.03. The molecule has 6 nitrogen and oxygen atoms in total. The fourth-order valence-electron chi connectivity index (χ4n) is 1.66. The Hall–Kier alpha value is -0.460. The molecule has 0 aromatic carbocycles. The first kappa shape index (κ1) is 12.6. The number of nitrogens with zero attached hydrogens (tertiary/aromatic N) is 3. The van der Waals surface area contributed by atoms with E-state index in [9.17, 15) is 5.11 Å². The zero-order chi connectivity index (χ0) is 11.4. The molecule has 1 saturated heterocycles. The molecule has 0 aliphatic carbocycles. The topological polar surface area (TPSA) is 104 Å². The minimum Gasteiger partial charge on any atom is -0.391 e. The van der Waals surface area contributed by atoms with Crippen molar-refractivity contribution in [3.05, 3.63) is 10.4 Å². The summed E-state index contributed by atoms with van der Waals surface area (Å²) >= 11 is 1.45. The van der Waals surface area contributed by atoms with Crippen LogP contribution >= 0.6 is 11.8 Å². The van der Waals surface area contributed by atoms with E-state index < -0.39 is 12.1 Å². The third-order valence-electron chi connectivity index (χ3n) is 2.70. The summed E-state index contributed by atoms with van der Waals surface area (Å²) in [5.41, 5.74) is 13.8. The van der Waals surface area contributed by atoms with Gasteiger partial charge in [-0.25, -0.2) is 0 Å². The van der Waals surface area contributed by atoms with Crippen molar-refractivity contribution in [3.63, 3.8) is 0 Å². The summed E-state index contributed by atoms with van der Waals surface area (Å²) in [4.78, 5) is 2.68. The van der Waals surface area contributed by atoms with Crippen LogP contribution < -0.4 is 5.73 Å². The van der Waals surface area contributed by atoms with Gasteiger partial charge in [0.05, 0.1) is 24.8 Å². The number of aliphatic hydroxyl groups is 1. The molecule has 0 amide bonds.